The largest absolute Gasteiger partial charge is 0.294 e. The number of aldehydes is 1. The molecule has 1 rings (SSSR count). The van der Waals surface area contributed by atoms with Crippen LogP contribution in [-0.4, -0.2) is 12.1 Å². The monoisotopic (exact) mass is 174 g/mol. The quantitative estimate of drug-likeness (QED) is 0.389. The zero-order valence-electron chi connectivity index (χ0n) is 4.83. The lowest BCUT2D eigenvalue weighted by Crippen LogP contribution is -1.94. The summed E-state index contributed by atoms with van der Waals surface area (Å²) in [4.78, 5) is 20.9. The minimum Gasteiger partial charge on any atom is -0.294 e. The van der Waals surface area contributed by atoms with Gasteiger partial charge in [-0.3, -0.25) is 9.59 Å². The number of carbonyl (C=O) groups excluding carboxylic acids is 2. The van der Waals surface area contributed by atoms with Gasteiger partial charge in [0, 0.05) is 0 Å². The molecule has 0 saturated carbocycles. The van der Waals surface area contributed by atoms with Crippen molar-refractivity contribution in [2.45, 2.75) is 0 Å². The number of halogens is 1. The van der Waals surface area contributed by atoms with Gasteiger partial charge >= 0.3 is 0 Å². The van der Waals surface area contributed by atoms with Gasteiger partial charge < -0.3 is 0 Å². The molecule has 2 nitrogen and oxygen atoms in total. The van der Waals surface area contributed by atoms with Crippen LogP contribution in [-0.2, 0) is 4.79 Å². The van der Waals surface area contributed by atoms with Crippen LogP contribution in [0.15, 0.2) is 12.1 Å². The first-order valence-corrected chi connectivity index (χ1v) is 3.68. The van der Waals surface area contributed by atoms with Crippen LogP contribution in [0.5, 0.6) is 0 Å². The Morgan fingerprint density at radius 3 is 2.70 bits per heavy atom. The molecule has 1 heterocycles. The molecular weight excluding hydrogens is 172 g/mol. The van der Waals surface area contributed by atoms with Crippen LogP contribution < -0.4 is 0 Å². The third kappa shape index (κ3) is 1.43. The van der Waals surface area contributed by atoms with Crippen LogP contribution in [0.2, 0.25) is 4.34 Å². The fourth-order valence-corrected chi connectivity index (χ4v) is 1.45. The molecule has 0 unspecified atom stereocenters. The fraction of sp³-hybridized carbons (Fsp3) is 0. The molecule has 52 valence electrons. The standard InChI is InChI=1S/C6H3ClO2S/c7-6-2-1-5(10-6)4(9)3-8/h1-3H. The van der Waals surface area contributed by atoms with E-state index in [0.29, 0.717) is 9.21 Å². The van der Waals surface area contributed by atoms with Crippen molar-refractivity contribution in [2.24, 2.45) is 0 Å². The van der Waals surface area contributed by atoms with Crippen LogP contribution in [0.1, 0.15) is 9.67 Å². The highest BCUT2D eigenvalue weighted by Gasteiger charge is 2.05. The Bertz CT molecular complexity index is 266. The smallest absolute Gasteiger partial charge is 0.235 e. The van der Waals surface area contributed by atoms with E-state index < -0.39 is 5.78 Å². The molecule has 0 aliphatic carbocycles. The van der Waals surface area contributed by atoms with Crippen molar-refractivity contribution in [1.82, 2.24) is 0 Å². The molecule has 0 radical (unpaired) electrons. The number of ketones is 1. The summed E-state index contributed by atoms with van der Waals surface area (Å²) in [6, 6.07) is 3.12. The van der Waals surface area contributed by atoms with E-state index in [1.807, 2.05) is 0 Å². The first kappa shape index (κ1) is 7.44. The molecule has 0 aliphatic rings. The van der Waals surface area contributed by atoms with Gasteiger partial charge in [-0.05, 0) is 12.1 Å². The molecule has 4 heteroatoms. The molecule has 0 saturated heterocycles. The topological polar surface area (TPSA) is 34.1 Å². The Hall–Kier alpha value is -0.670. The lowest BCUT2D eigenvalue weighted by molar-refractivity contribution is -0.104. The van der Waals surface area contributed by atoms with Gasteiger partial charge in [-0.1, -0.05) is 11.6 Å². The highest BCUT2D eigenvalue weighted by atomic mass is 35.5. The number of carbonyl (C=O) groups is 2. The van der Waals surface area contributed by atoms with E-state index in [9.17, 15) is 9.59 Å². The summed E-state index contributed by atoms with van der Waals surface area (Å²) < 4.78 is 0.519. The lowest BCUT2D eigenvalue weighted by Gasteiger charge is -1.79. The number of thiophene rings is 1. The van der Waals surface area contributed by atoms with Crippen LogP contribution in [0.4, 0.5) is 0 Å². The van der Waals surface area contributed by atoms with E-state index in [2.05, 4.69) is 0 Å². The van der Waals surface area contributed by atoms with Gasteiger partial charge in [0.25, 0.3) is 0 Å². The molecule has 1 aromatic rings. The number of hydrogen-bond acceptors (Lipinski definition) is 3. The molecule has 0 aromatic carbocycles. The summed E-state index contributed by atoms with van der Waals surface area (Å²) in [5, 5.41) is 0. The summed E-state index contributed by atoms with van der Waals surface area (Å²) in [5.41, 5.74) is 0. The van der Waals surface area contributed by atoms with Crippen molar-refractivity contribution >= 4 is 35.0 Å². The Balaban J connectivity index is 2.95. The molecule has 0 spiro atoms. The van der Waals surface area contributed by atoms with Crippen LogP contribution in [0, 0.1) is 0 Å². The van der Waals surface area contributed by atoms with E-state index in [-0.39, 0.29) is 6.29 Å². The Morgan fingerprint density at radius 2 is 2.30 bits per heavy atom. The second-order valence-corrected chi connectivity index (χ2v) is 3.30. The van der Waals surface area contributed by atoms with E-state index in [1.165, 1.54) is 6.07 Å². The van der Waals surface area contributed by atoms with Gasteiger partial charge in [0.2, 0.25) is 5.78 Å². The van der Waals surface area contributed by atoms with Crippen LogP contribution >= 0.6 is 22.9 Å². The summed E-state index contributed by atoms with van der Waals surface area (Å²) in [7, 11) is 0. The second kappa shape index (κ2) is 2.94. The van der Waals surface area contributed by atoms with Gasteiger partial charge in [0.15, 0.2) is 6.29 Å². The van der Waals surface area contributed by atoms with E-state index in [1.54, 1.807) is 6.07 Å². The van der Waals surface area contributed by atoms with Crippen molar-refractivity contribution in [3.05, 3.63) is 21.3 Å². The number of rotatable bonds is 2. The fourth-order valence-electron chi connectivity index (χ4n) is 0.505. The van der Waals surface area contributed by atoms with Crippen molar-refractivity contribution in [1.29, 1.82) is 0 Å². The zero-order chi connectivity index (χ0) is 7.56. The third-order valence-corrected chi connectivity index (χ3v) is 2.17. The minimum atomic E-state index is -0.517. The molecule has 0 aliphatic heterocycles. The molecule has 0 fully saturated rings. The summed E-state index contributed by atoms with van der Waals surface area (Å²) in [6.07, 6.45) is 0.280. The highest BCUT2D eigenvalue weighted by Crippen LogP contribution is 2.20. The summed E-state index contributed by atoms with van der Waals surface area (Å²) in [6.45, 7) is 0. The normalized spacial score (nSPS) is 9.30. The van der Waals surface area contributed by atoms with Gasteiger partial charge in [0.05, 0.1) is 9.21 Å². The lowest BCUT2D eigenvalue weighted by atomic mass is 10.3. The molecule has 1 aromatic heterocycles. The Morgan fingerprint density at radius 1 is 1.60 bits per heavy atom. The molecule has 0 bridgehead atoms. The first-order chi connectivity index (χ1) is 4.74. The Kier molecular flexibility index (Phi) is 2.19. The van der Waals surface area contributed by atoms with E-state index >= 15 is 0 Å². The maximum Gasteiger partial charge on any atom is 0.235 e. The molecule has 0 amide bonds. The first-order valence-electron chi connectivity index (χ1n) is 2.49. The molecule has 0 N–H and O–H groups in total. The van der Waals surface area contributed by atoms with Crippen molar-refractivity contribution in [2.75, 3.05) is 0 Å². The van der Waals surface area contributed by atoms with Gasteiger partial charge in [-0.25, -0.2) is 0 Å². The summed E-state index contributed by atoms with van der Waals surface area (Å²) in [5.74, 6) is -0.517. The average Bonchev–Trinajstić information content (AvgIpc) is 2.34. The van der Waals surface area contributed by atoms with E-state index in [4.69, 9.17) is 11.6 Å². The SMILES string of the molecule is O=CC(=O)c1ccc(Cl)s1. The van der Waals surface area contributed by atoms with Gasteiger partial charge in [-0.15, -0.1) is 11.3 Å². The maximum atomic E-state index is 10.6. The highest BCUT2D eigenvalue weighted by molar-refractivity contribution is 7.18. The molecule has 10 heavy (non-hydrogen) atoms. The minimum absolute atomic E-state index is 0.280. The summed E-state index contributed by atoms with van der Waals surface area (Å²) >= 11 is 6.62. The average molecular weight is 175 g/mol. The van der Waals surface area contributed by atoms with Crippen molar-refractivity contribution < 1.29 is 9.59 Å². The molecular formula is C6H3ClO2S. The van der Waals surface area contributed by atoms with Gasteiger partial charge in [-0.2, -0.15) is 0 Å². The predicted molar refractivity (Wildman–Crippen MR) is 39.7 cm³/mol. The molecule has 0 atom stereocenters. The number of hydrogen-bond donors (Lipinski definition) is 0. The Labute approximate surface area is 66.4 Å². The van der Waals surface area contributed by atoms with Crippen molar-refractivity contribution in [3.63, 3.8) is 0 Å². The van der Waals surface area contributed by atoms with Gasteiger partial charge in [0.1, 0.15) is 0 Å². The number of Topliss-reactive ketones (excluding diaryl/α,β-unsaturated/α-hetero) is 1. The third-order valence-electron chi connectivity index (χ3n) is 0.923. The predicted octanol–water partition coefficient (Wildman–Crippen LogP) is 1.78. The van der Waals surface area contributed by atoms with Crippen LogP contribution in [0.3, 0.4) is 0 Å². The second-order valence-electron chi connectivity index (χ2n) is 1.59. The van der Waals surface area contributed by atoms with Crippen LogP contribution in [0.25, 0.3) is 0 Å². The zero-order valence-corrected chi connectivity index (χ0v) is 6.41. The maximum absolute atomic E-state index is 10.6. The van der Waals surface area contributed by atoms with Crippen molar-refractivity contribution in [3.8, 4) is 0 Å². The van der Waals surface area contributed by atoms with E-state index in [0.717, 1.165) is 11.3 Å².